The summed E-state index contributed by atoms with van der Waals surface area (Å²) >= 11 is 25.2. The maximum atomic E-state index is 12.1. The van der Waals surface area contributed by atoms with Crippen LogP contribution in [0.25, 0.3) is 0 Å². The molecule has 5 nitrogen and oxygen atoms in total. The number of hydrogen-bond acceptors (Lipinski definition) is 3. The number of benzene rings is 2. The van der Waals surface area contributed by atoms with Crippen LogP contribution >= 0.6 is 66.7 Å². The molecule has 4 aromatic rings. The largest absolute Gasteiger partial charge is 0.618 e. The quantitative estimate of drug-likeness (QED) is 0.121. The molecule has 1 N–H and O–H groups in total. The molecule has 38 heavy (non-hydrogen) atoms. The zero-order chi connectivity index (χ0) is 27.1. The number of nitrogens with zero attached hydrogens (tertiary/aromatic N) is 2. The zero-order valence-electron chi connectivity index (χ0n) is 19.8. The molecule has 196 valence electrons. The molecule has 2 aromatic heterocycles. The molecule has 0 saturated carbocycles. The highest BCUT2D eigenvalue weighted by atomic mass is 79.9. The molecule has 0 aliphatic heterocycles. The standard InChI is InChI=1S/C14H10BrCl2NO.C14H11BrClNO2/c15-10-5-9-2-1-8-6-11(16)3-4-12(8)13(17)14(9)18(19)7-10;15-10-5-9-2-1-8-6-11(16)3-4-12(8)14(18)13(9)17(19)7-10/h3-7,13H,1-2H2;3-7,14,18H,1-2H2. The average molecular weight is 700 g/mol. The number of aliphatic hydroxyl groups excluding tert-OH is 1. The number of hydrogen-bond donors (Lipinski definition) is 1. The summed E-state index contributed by atoms with van der Waals surface area (Å²) in [5, 5.41) is 35.5. The molecule has 10 heteroatoms. The fourth-order valence-electron chi connectivity index (χ4n) is 5.10. The van der Waals surface area contributed by atoms with Crippen LogP contribution in [0.2, 0.25) is 10.0 Å². The van der Waals surface area contributed by atoms with Gasteiger partial charge in [-0.05, 0) is 116 Å². The molecule has 0 radical (unpaired) electrons. The second kappa shape index (κ2) is 11.3. The molecule has 2 heterocycles. The molecule has 0 fully saturated rings. The third-order valence-electron chi connectivity index (χ3n) is 6.84. The Bertz CT molecular complexity index is 1440. The topological polar surface area (TPSA) is 74.1 Å². The Morgan fingerprint density at radius 2 is 1.13 bits per heavy atom. The molecule has 0 spiro atoms. The highest BCUT2D eigenvalue weighted by Crippen LogP contribution is 2.37. The van der Waals surface area contributed by atoms with E-state index in [1.54, 1.807) is 12.1 Å². The second-order valence-electron chi connectivity index (χ2n) is 9.24. The Labute approximate surface area is 252 Å². The third kappa shape index (κ3) is 5.55. The smallest absolute Gasteiger partial charge is 0.229 e. The van der Waals surface area contributed by atoms with E-state index < -0.39 is 11.5 Å². The van der Waals surface area contributed by atoms with E-state index in [2.05, 4.69) is 31.9 Å². The first kappa shape index (κ1) is 27.7. The van der Waals surface area contributed by atoms with Crippen LogP contribution in [0.5, 0.6) is 0 Å². The van der Waals surface area contributed by atoms with E-state index in [9.17, 15) is 15.5 Å². The molecule has 0 bridgehead atoms. The van der Waals surface area contributed by atoms with Gasteiger partial charge in [-0.3, -0.25) is 0 Å². The van der Waals surface area contributed by atoms with E-state index in [0.717, 1.165) is 71.0 Å². The molecule has 0 saturated heterocycles. The molecule has 2 aliphatic rings. The van der Waals surface area contributed by atoms with Gasteiger partial charge < -0.3 is 15.5 Å². The molecule has 2 unspecified atom stereocenters. The maximum absolute atomic E-state index is 12.1. The summed E-state index contributed by atoms with van der Waals surface area (Å²) in [6.07, 6.45) is 5.10. The van der Waals surface area contributed by atoms with Crippen LogP contribution in [0.1, 0.15) is 56.2 Å². The Morgan fingerprint density at radius 3 is 1.71 bits per heavy atom. The summed E-state index contributed by atoms with van der Waals surface area (Å²) in [5.41, 5.74) is 6.70. The Balaban J connectivity index is 0.000000155. The van der Waals surface area contributed by atoms with Crippen LogP contribution in [-0.4, -0.2) is 5.11 Å². The van der Waals surface area contributed by atoms with Gasteiger partial charge in [0.2, 0.25) is 11.4 Å². The number of pyridine rings is 2. The van der Waals surface area contributed by atoms with E-state index >= 15 is 0 Å². The van der Waals surface area contributed by atoms with Crippen molar-refractivity contribution in [3.05, 3.63) is 135 Å². The minimum atomic E-state index is -0.907. The van der Waals surface area contributed by atoms with Gasteiger partial charge in [0.15, 0.2) is 18.5 Å². The lowest BCUT2D eigenvalue weighted by molar-refractivity contribution is -0.618. The van der Waals surface area contributed by atoms with Crippen LogP contribution in [0.4, 0.5) is 0 Å². The van der Waals surface area contributed by atoms with Gasteiger partial charge in [0.25, 0.3) is 0 Å². The lowest BCUT2D eigenvalue weighted by Crippen LogP contribution is -2.35. The molecule has 6 rings (SSSR count). The highest BCUT2D eigenvalue weighted by molar-refractivity contribution is 9.10. The SMILES string of the molecule is [O-][n+]1cc(Br)cc2c1C(Cl)c1ccc(Cl)cc1CC2.[O-][n+]1cc(Br)cc2c1C(O)c1ccc(Cl)cc1CC2. The first-order valence-corrected chi connectivity index (χ1v) is 14.6. The van der Waals surface area contributed by atoms with Crippen molar-refractivity contribution in [2.75, 3.05) is 0 Å². The number of alkyl halides is 1. The molecular formula is C28H21Br2Cl3N2O3. The van der Waals surface area contributed by atoms with Crippen molar-refractivity contribution in [3.63, 3.8) is 0 Å². The molecule has 0 amide bonds. The minimum Gasteiger partial charge on any atom is -0.618 e. The van der Waals surface area contributed by atoms with E-state index in [1.165, 1.54) is 12.4 Å². The van der Waals surface area contributed by atoms with Crippen molar-refractivity contribution in [1.29, 1.82) is 0 Å². The van der Waals surface area contributed by atoms with Gasteiger partial charge in [-0.1, -0.05) is 35.3 Å². The predicted octanol–water partition coefficient (Wildman–Crippen LogP) is 7.08. The lowest BCUT2D eigenvalue weighted by Gasteiger charge is -2.14. The number of halogens is 5. The summed E-state index contributed by atoms with van der Waals surface area (Å²) in [7, 11) is 0. The van der Waals surface area contributed by atoms with Crippen molar-refractivity contribution in [1.82, 2.24) is 0 Å². The van der Waals surface area contributed by atoms with E-state index in [0.29, 0.717) is 27.9 Å². The summed E-state index contributed by atoms with van der Waals surface area (Å²) in [6, 6.07) is 14.9. The van der Waals surface area contributed by atoms with Crippen LogP contribution in [0.3, 0.4) is 0 Å². The van der Waals surface area contributed by atoms with Crippen LogP contribution in [0.15, 0.2) is 69.9 Å². The van der Waals surface area contributed by atoms with Crippen LogP contribution in [0, 0.1) is 10.4 Å². The van der Waals surface area contributed by atoms with Crippen molar-refractivity contribution >= 4 is 66.7 Å². The maximum Gasteiger partial charge on any atom is 0.229 e. The van der Waals surface area contributed by atoms with Gasteiger partial charge in [-0.2, -0.15) is 9.46 Å². The Hall–Kier alpha value is -1.87. The highest BCUT2D eigenvalue weighted by Gasteiger charge is 2.30. The number of aryl methyl sites for hydroxylation is 4. The summed E-state index contributed by atoms with van der Waals surface area (Å²) in [6.45, 7) is 0. The van der Waals surface area contributed by atoms with Crippen molar-refractivity contribution < 1.29 is 14.6 Å². The van der Waals surface area contributed by atoms with E-state index in [4.69, 9.17) is 34.8 Å². The average Bonchev–Trinajstić information content (AvgIpc) is 3.07. The summed E-state index contributed by atoms with van der Waals surface area (Å²) < 4.78 is 3.10. The Kier molecular flexibility index (Phi) is 8.25. The van der Waals surface area contributed by atoms with Crippen LogP contribution in [-0.2, 0) is 25.7 Å². The van der Waals surface area contributed by atoms with E-state index in [-0.39, 0.29) is 0 Å². The van der Waals surface area contributed by atoms with Gasteiger partial charge in [-0.25, -0.2) is 0 Å². The van der Waals surface area contributed by atoms with Crippen molar-refractivity contribution in [2.45, 2.75) is 37.2 Å². The summed E-state index contributed by atoms with van der Waals surface area (Å²) in [4.78, 5) is 0. The zero-order valence-corrected chi connectivity index (χ0v) is 25.2. The van der Waals surface area contributed by atoms with Gasteiger partial charge in [0, 0.05) is 21.2 Å². The Morgan fingerprint density at radius 1 is 0.684 bits per heavy atom. The lowest BCUT2D eigenvalue weighted by atomic mass is 10.0. The number of aromatic nitrogens is 2. The normalized spacial score (nSPS) is 17.5. The molecular weight excluding hydrogens is 678 g/mol. The molecule has 2 aromatic carbocycles. The number of fused-ring (bicyclic) bond motifs is 4. The van der Waals surface area contributed by atoms with Crippen molar-refractivity contribution in [3.8, 4) is 0 Å². The van der Waals surface area contributed by atoms with Crippen molar-refractivity contribution in [2.24, 2.45) is 0 Å². The first-order valence-electron chi connectivity index (χ1n) is 11.8. The van der Waals surface area contributed by atoms with E-state index in [1.807, 2.05) is 36.4 Å². The monoisotopic (exact) mass is 696 g/mol. The fourth-order valence-corrected chi connectivity index (χ4v) is 6.86. The van der Waals surface area contributed by atoms with Gasteiger partial charge in [0.05, 0.1) is 8.95 Å². The summed E-state index contributed by atoms with van der Waals surface area (Å²) in [5.74, 6) is 0. The van der Waals surface area contributed by atoms with Gasteiger partial charge in [-0.15, -0.1) is 11.6 Å². The fraction of sp³-hybridized carbons (Fsp3) is 0.214. The second-order valence-corrected chi connectivity index (χ2v) is 12.4. The van der Waals surface area contributed by atoms with Crippen LogP contribution < -0.4 is 9.46 Å². The predicted molar refractivity (Wildman–Crippen MR) is 156 cm³/mol. The number of rotatable bonds is 0. The number of aliphatic hydroxyl groups is 1. The van der Waals surface area contributed by atoms with Gasteiger partial charge >= 0.3 is 0 Å². The molecule has 2 atom stereocenters. The first-order chi connectivity index (χ1) is 18.1. The van der Waals surface area contributed by atoms with Gasteiger partial charge in [0.1, 0.15) is 5.38 Å². The molecule has 2 aliphatic carbocycles. The minimum absolute atomic E-state index is 0.407. The third-order valence-corrected chi connectivity index (χ3v) is 8.62.